The summed E-state index contributed by atoms with van der Waals surface area (Å²) in [4.78, 5) is 0. The van der Waals surface area contributed by atoms with Crippen molar-refractivity contribution < 1.29 is 0 Å². The van der Waals surface area contributed by atoms with Crippen molar-refractivity contribution in [2.45, 2.75) is 69.5 Å². The third kappa shape index (κ3) is 3.65. The van der Waals surface area contributed by atoms with Gasteiger partial charge in [0.15, 0.2) is 0 Å². The van der Waals surface area contributed by atoms with Crippen LogP contribution in [0.2, 0.25) is 0 Å². The molecule has 1 saturated carbocycles. The molecule has 1 fully saturated rings. The highest BCUT2D eigenvalue weighted by molar-refractivity contribution is 5.03. The number of hydrogen-bond acceptors (Lipinski definition) is 4. The van der Waals surface area contributed by atoms with E-state index < -0.39 is 0 Å². The Kier molecular flexibility index (Phi) is 5.86. The minimum atomic E-state index is -0.264. The van der Waals surface area contributed by atoms with Crippen LogP contribution in [-0.4, -0.2) is 24.2 Å². The summed E-state index contributed by atoms with van der Waals surface area (Å²) in [6.07, 6.45) is 7.56. The Morgan fingerprint density at radius 2 is 2.00 bits per heavy atom. The molecule has 4 nitrogen and oxygen atoms in total. The minimum Gasteiger partial charge on any atom is -0.330 e. The van der Waals surface area contributed by atoms with Gasteiger partial charge in [0.2, 0.25) is 0 Å². The van der Waals surface area contributed by atoms with Gasteiger partial charge in [0.1, 0.15) is 0 Å². The molecule has 4 heteroatoms. The summed E-state index contributed by atoms with van der Waals surface area (Å²) in [6, 6.07) is 0.283. The van der Waals surface area contributed by atoms with E-state index in [4.69, 9.17) is 22.9 Å². The number of hydrogen-bond donors (Lipinski definition) is 4. The van der Waals surface area contributed by atoms with Crippen LogP contribution in [-0.2, 0) is 0 Å². The van der Waals surface area contributed by atoms with Crippen LogP contribution in [0.25, 0.3) is 0 Å². The Balaban J connectivity index is 2.44. The fraction of sp³-hybridized carbons (Fsp3) is 1.00. The van der Waals surface area contributed by atoms with Gasteiger partial charge < -0.3 is 22.9 Å². The standard InChI is InChI=1S/C13H30N4/c1-10-11(15)6-5-8-13(10,17)12(16)7-3-2-4-9-14/h10-12H,2-9,14-17H2,1H3. The first-order chi connectivity index (χ1) is 8.02. The Hall–Kier alpha value is -0.160. The Morgan fingerprint density at radius 3 is 2.65 bits per heavy atom. The minimum absolute atomic E-state index is 0.0709. The summed E-state index contributed by atoms with van der Waals surface area (Å²) >= 11 is 0. The topological polar surface area (TPSA) is 104 Å². The molecule has 1 rings (SSSR count). The van der Waals surface area contributed by atoms with Gasteiger partial charge in [-0.25, -0.2) is 0 Å². The van der Waals surface area contributed by atoms with Crippen molar-refractivity contribution in [3.05, 3.63) is 0 Å². The van der Waals surface area contributed by atoms with E-state index in [-0.39, 0.29) is 17.6 Å². The van der Waals surface area contributed by atoms with Crippen LogP contribution < -0.4 is 22.9 Å². The van der Waals surface area contributed by atoms with E-state index in [0.717, 1.165) is 51.5 Å². The smallest absolute Gasteiger partial charge is 0.0348 e. The molecule has 0 saturated heterocycles. The molecule has 4 unspecified atom stereocenters. The van der Waals surface area contributed by atoms with Gasteiger partial charge in [-0.2, -0.15) is 0 Å². The van der Waals surface area contributed by atoms with Crippen LogP contribution in [0.15, 0.2) is 0 Å². The van der Waals surface area contributed by atoms with E-state index in [1.165, 1.54) is 0 Å². The first kappa shape index (κ1) is 14.9. The van der Waals surface area contributed by atoms with Crippen molar-refractivity contribution in [3.63, 3.8) is 0 Å². The molecule has 0 aromatic rings. The van der Waals surface area contributed by atoms with Crippen molar-refractivity contribution in [2.24, 2.45) is 28.9 Å². The molecule has 0 amide bonds. The average molecular weight is 242 g/mol. The predicted octanol–water partition coefficient (Wildman–Crippen LogP) is 0.678. The quantitative estimate of drug-likeness (QED) is 0.514. The van der Waals surface area contributed by atoms with Gasteiger partial charge in [0.05, 0.1) is 0 Å². The third-order valence-electron chi connectivity index (χ3n) is 4.55. The second-order valence-electron chi connectivity index (χ2n) is 5.70. The molecule has 1 aliphatic carbocycles. The summed E-state index contributed by atoms with van der Waals surface area (Å²) in [5, 5.41) is 0. The largest absolute Gasteiger partial charge is 0.330 e. The van der Waals surface area contributed by atoms with Gasteiger partial charge in [0.25, 0.3) is 0 Å². The molecule has 4 atom stereocenters. The van der Waals surface area contributed by atoms with E-state index in [2.05, 4.69) is 6.92 Å². The summed E-state index contributed by atoms with van der Waals surface area (Å²) in [5.74, 6) is 0.320. The van der Waals surface area contributed by atoms with Crippen molar-refractivity contribution in [1.82, 2.24) is 0 Å². The van der Waals surface area contributed by atoms with Crippen molar-refractivity contribution in [1.29, 1.82) is 0 Å². The van der Waals surface area contributed by atoms with Crippen LogP contribution >= 0.6 is 0 Å². The van der Waals surface area contributed by atoms with E-state index in [9.17, 15) is 0 Å². The lowest BCUT2D eigenvalue weighted by molar-refractivity contribution is 0.141. The highest BCUT2D eigenvalue weighted by Gasteiger charge is 2.42. The average Bonchev–Trinajstić information content (AvgIpc) is 2.31. The molecule has 0 heterocycles. The summed E-state index contributed by atoms with van der Waals surface area (Å²) in [6.45, 7) is 2.92. The monoisotopic (exact) mass is 242 g/mol. The van der Waals surface area contributed by atoms with Gasteiger partial charge in [0, 0.05) is 17.6 Å². The fourth-order valence-corrected chi connectivity index (χ4v) is 3.00. The van der Waals surface area contributed by atoms with Crippen LogP contribution in [0.5, 0.6) is 0 Å². The molecule has 102 valence electrons. The van der Waals surface area contributed by atoms with E-state index in [0.29, 0.717) is 5.92 Å². The maximum absolute atomic E-state index is 6.52. The molecular weight excluding hydrogens is 212 g/mol. The maximum atomic E-state index is 6.52. The first-order valence-electron chi connectivity index (χ1n) is 7.02. The Morgan fingerprint density at radius 1 is 1.29 bits per heavy atom. The summed E-state index contributed by atoms with van der Waals surface area (Å²) < 4.78 is 0. The van der Waals surface area contributed by atoms with E-state index >= 15 is 0 Å². The zero-order chi connectivity index (χ0) is 12.9. The van der Waals surface area contributed by atoms with Gasteiger partial charge in [-0.15, -0.1) is 0 Å². The van der Waals surface area contributed by atoms with Gasteiger partial charge in [-0.05, 0) is 38.1 Å². The molecule has 0 bridgehead atoms. The van der Waals surface area contributed by atoms with Crippen molar-refractivity contribution in [3.8, 4) is 0 Å². The lowest BCUT2D eigenvalue weighted by Crippen LogP contribution is -2.64. The zero-order valence-electron chi connectivity index (χ0n) is 11.2. The van der Waals surface area contributed by atoms with E-state index in [1.54, 1.807) is 0 Å². The van der Waals surface area contributed by atoms with Gasteiger partial charge >= 0.3 is 0 Å². The lowest BCUT2D eigenvalue weighted by atomic mass is 9.67. The highest BCUT2D eigenvalue weighted by atomic mass is 14.9. The summed E-state index contributed by atoms with van der Waals surface area (Å²) in [5.41, 5.74) is 24.2. The molecule has 0 spiro atoms. The molecule has 17 heavy (non-hydrogen) atoms. The number of rotatable bonds is 6. The Labute approximate surface area is 105 Å². The van der Waals surface area contributed by atoms with Crippen molar-refractivity contribution >= 4 is 0 Å². The third-order valence-corrected chi connectivity index (χ3v) is 4.55. The molecule has 0 aliphatic heterocycles. The number of nitrogens with two attached hydrogens (primary N) is 4. The fourth-order valence-electron chi connectivity index (χ4n) is 3.00. The number of unbranched alkanes of at least 4 members (excludes halogenated alkanes) is 2. The maximum Gasteiger partial charge on any atom is 0.0348 e. The SMILES string of the molecule is CC1C(N)CCCC1(N)C(N)CCCCCN. The molecule has 0 aromatic carbocycles. The second-order valence-corrected chi connectivity index (χ2v) is 5.70. The van der Waals surface area contributed by atoms with Crippen LogP contribution in [0.1, 0.15) is 51.9 Å². The van der Waals surface area contributed by atoms with E-state index in [1.807, 2.05) is 0 Å². The van der Waals surface area contributed by atoms with Crippen LogP contribution in [0.3, 0.4) is 0 Å². The summed E-state index contributed by atoms with van der Waals surface area (Å²) in [7, 11) is 0. The first-order valence-corrected chi connectivity index (χ1v) is 7.02. The molecule has 8 N–H and O–H groups in total. The highest BCUT2D eigenvalue weighted by Crippen LogP contribution is 2.34. The molecular formula is C13H30N4. The molecule has 0 aromatic heterocycles. The zero-order valence-corrected chi connectivity index (χ0v) is 11.2. The Bertz CT molecular complexity index is 221. The second kappa shape index (κ2) is 6.69. The van der Waals surface area contributed by atoms with Gasteiger partial charge in [-0.3, -0.25) is 0 Å². The van der Waals surface area contributed by atoms with Gasteiger partial charge in [-0.1, -0.05) is 26.2 Å². The lowest BCUT2D eigenvalue weighted by Gasteiger charge is -2.46. The molecule has 0 radical (unpaired) electrons. The van der Waals surface area contributed by atoms with Crippen LogP contribution in [0, 0.1) is 5.92 Å². The van der Waals surface area contributed by atoms with Crippen LogP contribution in [0.4, 0.5) is 0 Å². The molecule has 1 aliphatic rings. The normalized spacial score (nSPS) is 35.8. The predicted molar refractivity (Wildman–Crippen MR) is 73.4 cm³/mol. The van der Waals surface area contributed by atoms with Crippen molar-refractivity contribution in [2.75, 3.05) is 6.54 Å².